The van der Waals surface area contributed by atoms with Gasteiger partial charge >= 0.3 is 0 Å². The predicted molar refractivity (Wildman–Crippen MR) is 150 cm³/mol. The van der Waals surface area contributed by atoms with Crippen molar-refractivity contribution in [3.63, 3.8) is 0 Å². The Hall–Kier alpha value is -4.18. The molecule has 202 valence electrons. The van der Waals surface area contributed by atoms with Crippen LogP contribution in [0.1, 0.15) is 41.2 Å². The van der Waals surface area contributed by atoms with Crippen molar-refractivity contribution in [2.75, 3.05) is 18.2 Å². The Kier molecular flexibility index (Phi) is 9.32. The molecule has 0 saturated carbocycles. The highest BCUT2D eigenvalue weighted by atomic mass is 32.2. The zero-order valence-electron chi connectivity index (χ0n) is 22.0. The van der Waals surface area contributed by atoms with Crippen LogP contribution in [-0.2, 0) is 24.2 Å². The molecule has 0 radical (unpaired) electrons. The molecule has 39 heavy (non-hydrogen) atoms. The van der Waals surface area contributed by atoms with E-state index < -0.39 is 0 Å². The van der Waals surface area contributed by atoms with Crippen LogP contribution >= 0.6 is 11.8 Å². The highest BCUT2D eigenvalue weighted by Gasteiger charge is 2.21. The molecule has 2 N–H and O–H groups in total. The van der Waals surface area contributed by atoms with Gasteiger partial charge in [-0.05, 0) is 72.5 Å². The Morgan fingerprint density at radius 2 is 1.62 bits per heavy atom. The van der Waals surface area contributed by atoms with Crippen LogP contribution in [0, 0.1) is 5.82 Å². The first kappa shape index (κ1) is 27.8. The minimum absolute atomic E-state index is 0.0729. The number of thioether (sulfide) groups is 1. The molecular weight excluding hydrogens is 517 g/mol. The lowest BCUT2D eigenvalue weighted by molar-refractivity contribution is -0.113. The van der Waals surface area contributed by atoms with E-state index in [9.17, 15) is 14.0 Å². The third-order valence-corrected chi connectivity index (χ3v) is 7.04. The number of nitrogens with zero attached hydrogens (tertiary/aromatic N) is 3. The van der Waals surface area contributed by atoms with Crippen LogP contribution in [0.25, 0.3) is 5.69 Å². The Bertz CT molecular complexity index is 1420. The second kappa shape index (κ2) is 13.1. The molecule has 0 fully saturated rings. The smallest absolute Gasteiger partial charge is 0.251 e. The van der Waals surface area contributed by atoms with Gasteiger partial charge in [0.2, 0.25) is 5.91 Å². The standard InChI is InChI=1S/C29H30FN5O3S/c1-4-19-7-6-8-20(5-2)27(19)35-25(17-31-28(37)21-9-15-24(38-3)16-10-21)33-34-29(35)39-18-26(36)32-23-13-11-22(30)12-14-23/h6-16H,4-5,17-18H2,1-3H3,(H,31,37)(H,32,36). The summed E-state index contributed by atoms with van der Waals surface area (Å²) in [5.41, 5.74) is 4.18. The summed E-state index contributed by atoms with van der Waals surface area (Å²) in [4.78, 5) is 25.5. The van der Waals surface area contributed by atoms with E-state index in [1.807, 2.05) is 10.6 Å². The Morgan fingerprint density at radius 3 is 2.23 bits per heavy atom. The Morgan fingerprint density at radius 1 is 0.949 bits per heavy atom. The molecule has 4 aromatic rings. The van der Waals surface area contributed by atoms with E-state index >= 15 is 0 Å². The molecule has 3 aromatic carbocycles. The third kappa shape index (κ3) is 6.83. The Balaban J connectivity index is 1.59. The van der Waals surface area contributed by atoms with E-state index in [4.69, 9.17) is 4.74 Å². The van der Waals surface area contributed by atoms with Crippen molar-refractivity contribution in [1.82, 2.24) is 20.1 Å². The number of carbonyl (C=O) groups is 2. The average molecular weight is 548 g/mol. The van der Waals surface area contributed by atoms with Crippen molar-refractivity contribution in [1.29, 1.82) is 0 Å². The van der Waals surface area contributed by atoms with Crippen molar-refractivity contribution in [2.24, 2.45) is 0 Å². The molecule has 0 unspecified atom stereocenters. The first-order chi connectivity index (χ1) is 18.9. The molecule has 0 saturated heterocycles. The monoisotopic (exact) mass is 547 g/mol. The van der Waals surface area contributed by atoms with Gasteiger partial charge in [0.15, 0.2) is 11.0 Å². The molecule has 4 rings (SSSR count). The molecule has 2 amide bonds. The highest BCUT2D eigenvalue weighted by molar-refractivity contribution is 7.99. The van der Waals surface area contributed by atoms with Crippen LogP contribution in [0.3, 0.4) is 0 Å². The van der Waals surface area contributed by atoms with Crippen molar-refractivity contribution < 1.29 is 18.7 Å². The molecule has 0 atom stereocenters. The molecule has 1 heterocycles. The molecule has 0 spiro atoms. The van der Waals surface area contributed by atoms with Crippen molar-refractivity contribution in [3.05, 3.63) is 95.1 Å². The minimum Gasteiger partial charge on any atom is -0.497 e. The number of ether oxygens (including phenoxy) is 1. The highest BCUT2D eigenvalue weighted by Crippen LogP contribution is 2.28. The lowest BCUT2D eigenvalue weighted by atomic mass is 10.0. The number of amides is 2. The summed E-state index contributed by atoms with van der Waals surface area (Å²) < 4.78 is 20.3. The van der Waals surface area contributed by atoms with Crippen molar-refractivity contribution in [3.8, 4) is 11.4 Å². The summed E-state index contributed by atoms with van der Waals surface area (Å²) in [5, 5.41) is 15.0. The molecular formula is C29H30FN5O3S. The maximum Gasteiger partial charge on any atom is 0.251 e. The molecule has 1 aromatic heterocycles. The van der Waals surface area contributed by atoms with Gasteiger partial charge in [-0.15, -0.1) is 10.2 Å². The van der Waals surface area contributed by atoms with Crippen LogP contribution in [-0.4, -0.2) is 39.4 Å². The number of carbonyl (C=O) groups excluding carboxylic acids is 2. The first-order valence-electron chi connectivity index (χ1n) is 12.6. The second-order valence-electron chi connectivity index (χ2n) is 8.62. The number of halogens is 1. The fourth-order valence-electron chi connectivity index (χ4n) is 4.10. The second-order valence-corrected chi connectivity index (χ2v) is 9.56. The number of rotatable bonds is 11. The molecule has 10 heteroatoms. The van der Waals surface area contributed by atoms with Crippen molar-refractivity contribution >= 4 is 29.3 Å². The summed E-state index contributed by atoms with van der Waals surface area (Å²) in [7, 11) is 1.57. The number of hydrogen-bond acceptors (Lipinski definition) is 6. The summed E-state index contributed by atoms with van der Waals surface area (Å²) in [6.07, 6.45) is 1.57. The molecule has 0 aliphatic rings. The number of hydrogen-bond donors (Lipinski definition) is 2. The lowest BCUT2D eigenvalue weighted by Gasteiger charge is -2.18. The Labute approximate surface area is 231 Å². The largest absolute Gasteiger partial charge is 0.497 e. The quantitative estimate of drug-likeness (QED) is 0.251. The van der Waals surface area contributed by atoms with Gasteiger partial charge in [-0.3, -0.25) is 14.2 Å². The third-order valence-electron chi connectivity index (χ3n) is 6.11. The minimum atomic E-state index is -0.372. The van der Waals surface area contributed by atoms with Crippen LogP contribution in [0.15, 0.2) is 71.9 Å². The van der Waals surface area contributed by atoms with Gasteiger partial charge in [0.25, 0.3) is 5.91 Å². The normalized spacial score (nSPS) is 10.8. The summed E-state index contributed by atoms with van der Waals surface area (Å²) in [5.74, 6) is 0.412. The van der Waals surface area contributed by atoms with Crippen LogP contribution in [0.2, 0.25) is 0 Å². The van der Waals surface area contributed by atoms with E-state index in [2.05, 4.69) is 46.8 Å². The number of aromatic nitrogens is 3. The molecule has 0 bridgehead atoms. The average Bonchev–Trinajstić information content (AvgIpc) is 3.37. The summed E-state index contributed by atoms with van der Waals surface area (Å²) >= 11 is 1.24. The summed E-state index contributed by atoms with van der Waals surface area (Å²) in [6.45, 7) is 4.30. The number of aryl methyl sites for hydroxylation is 2. The van der Waals surface area contributed by atoms with E-state index in [1.54, 1.807) is 31.4 Å². The van der Waals surface area contributed by atoms with Crippen LogP contribution < -0.4 is 15.4 Å². The van der Waals surface area contributed by atoms with Crippen LogP contribution in [0.4, 0.5) is 10.1 Å². The fraction of sp³-hybridized carbons (Fsp3) is 0.241. The maximum atomic E-state index is 13.2. The van der Waals surface area contributed by atoms with E-state index in [0.717, 1.165) is 29.7 Å². The van der Waals surface area contributed by atoms with Gasteiger partial charge in [0.05, 0.1) is 25.1 Å². The van der Waals surface area contributed by atoms with Crippen molar-refractivity contribution in [2.45, 2.75) is 38.4 Å². The number of anilines is 1. The molecule has 0 aliphatic heterocycles. The predicted octanol–water partition coefficient (Wildman–Crippen LogP) is 5.20. The zero-order valence-corrected chi connectivity index (χ0v) is 22.8. The SMILES string of the molecule is CCc1cccc(CC)c1-n1c(CNC(=O)c2ccc(OC)cc2)nnc1SCC(=O)Nc1ccc(F)cc1. The number of para-hydroxylation sites is 1. The topological polar surface area (TPSA) is 98.1 Å². The number of methoxy groups -OCH3 is 1. The molecule has 0 aliphatic carbocycles. The number of benzene rings is 3. The summed E-state index contributed by atoms with van der Waals surface area (Å²) in [6, 6.07) is 18.6. The maximum absolute atomic E-state index is 13.2. The number of nitrogens with one attached hydrogen (secondary N) is 2. The zero-order chi connectivity index (χ0) is 27.8. The van der Waals surface area contributed by atoms with Gasteiger partial charge in [0, 0.05) is 11.3 Å². The van der Waals surface area contributed by atoms with Gasteiger partial charge in [-0.2, -0.15) is 0 Å². The van der Waals surface area contributed by atoms with Gasteiger partial charge in [-0.1, -0.05) is 43.8 Å². The van der Waals surface area contributed by atoms with E-state index in [0.29, 0.717) is 28.0 Å². The first-order valence-corrected chi connectivity index (χ1v) is 13.6. The van der Waals surface area contributed by atoms with Gasteiger partial charge < -0.3 is 15.4 Å². The lowest BCUT2D eigenvalue weighted by Crippen LogP contribution is -2.25. The molecule has 8 nitrogen and oxygen atoms in total. The van der Waals surface area contributed by atoms with Gasteiger partial charge in [0.1, 0.15) is 11.6 Å². The fourth-order valence-corrected chi connectivity index (χ4v) is 4.86. The van der Waals surface area contributed by atoms with Gasteiger partial charge in [-0.25, -0.2) is 4.39 Å². The van der Waals surface area contributed by atoms with E-state index in [1.165, 1.54) is 36.0 Å². The van der Waals surface area contributed by atoms with Crippen LogP contribution in [0.5, 0.6) is 5.75 Å². The van der Waals surface area contributed by atoms with E-state index in [-0.39, 0.29) is 29.9 Å².